The van der Waals surface area contributed by atoms with E-state index in [2.05, 4.69) is 41.8 Å². The summed E-state index contributed by atoms with van der Waals surface area (Å²) >= 11 is 5.36. The highest BCUT2D eigenvalue weighted by molar-refractivity contribution is 7.80. The van der Waals surface area contributed by atoms with E-state index in [1.54, 1.807) is 7.11 Å². The van der Waals surface area contributed by atoms with Gasteiger partial charge in [-0.1, -0.05) is 36.4 Å². The van der Waals surface area contributed by atoms with Crippen LogP contribution in [0.4, 0.5) is 5.69 Å². The van der Waals surface area contributed by atoms with Gasteiger partial charge in [0.05, 0.1) is 7.11 Å². The Balaban J connectivity index is 1.78. The topological polar surface area (TPSA) is 33.3 Å². The zero-order valence-electron chi connectivity index (χ0n) is 13.0. The Labute approximate surface area is 137 Å². The Morgan fingerprint density at radius 3 is 2.64 bits per heavy atom. The lowest BCUT2D eigenvalue weighted by molar-refractivity contribution is 0.415. The molecule has 0 spiro atoms. The molecule has 0 radical (unpaired) electrons. The third-order valence-electron chi connectivity index (χ3n) is 3.41. The number of hydrogen-bond donors (Lipinski definition) is 2. The van der Waals surface area contributed by atoms with Crippen LogP contribution in [0, 0.1) is 0 Å². The SMILES string of the molecule is COc1cccc(NC(=S)NC(C)CCc2ccccc2)c1. The smallest absolute Gasteiger partial charge is 0.170 e. The van der Waals surface area contributed by atoms with Gasteiger partial charge in [-0.25, -0.2) is 0 Å². The fourth-order valence-electron chi connectivity index (χ4n) is 2.19. The fraction of sp³-hybridized carbons (Fsp3) is 0.278. The van der Waals surface area contributed by atoms with Crippen molar-refractivity contribution >= 4 is 23.0 Å². The second-order valence-electron chi connectivity index (χ2n) is 5.26. The van der Waals surface area contributed by atoms with Crippen molar-refractivity contribution in [2.45, 2.75) is 25.8 Å². The molecule has 0 bridgehead atoms. The molecule has 1 atom stereocenters. The summed E-state index contributed by atoms with van der Waals surface area (Å²) < 4.78 is 5.20. The molecule has 2 N–H and O–H groups in total. The lowest BCUT2D eigenvalue weighted by Gasteiger charge is -2.17. The zero-order chi connectivity index (χ0) is 15.8. The summed E-state index contributed by atoms with van der Waals surface area (Å²) in [7, 11) is 1.65. The van der Waals surface area contributed by atoms with E-state index in [0.29, 0.717) is 11.2 Å². The molecule has 116 valence electrons. The lowest BCUT2D eigenvalue weighted by Crippen LogP contribution is -2.36. The summed E-state index contributed by atoms with van der Waals surface area (Å²) in [6, 6.07) is 18.5. The second kappa shape index (κ2) is 8.39. The number of aryl methyl sites for hydroxylation is 1. The molecule has 1 unspecified atom stereocenters. The highest BCUT2D eigenvalue weighted by Crippen LogP contribution is 2.16. The summed E-state index contributed by atoms with van der Waals surface area (Å²) in [4.78, 5) is 0. The van der Waals surface area contributed by atoms with Gasteiger partial charge in [-0.2, -0.15) is 0 Å². The van der Waals surface area contributed by atoms with Crippen molar-refractivity contribution in [3.8, 4) is 5.75 Å². The Morgan fingerprint density at radius 1 is 1.14 bits per heavy atom. The van der Waals surface area contributed by atoms with Crippen molar-refractivity contribution in [1.29, 1.82) is 0 Å². The van der Waals surface area contributed by atoms with Crippen LogP contribution >= 0.6 is 12.2 Å². The average molecular weight is 314 g/mol. The molecular weight excluding hydrogens is 292 g/mol. The Hall–Kier alpha value is -2.07. The van der Waals surface area contributed by atoms with Crippen molar-refractivity contribution in [3.63, 3.8) is 0 Å². The largest absolute Gasteiger partial charge is 0.497 e. The summed E-state index contributed by atoms with van der Waals surface area (Å²) in [5, 5.41) is 7.13. The maximum absolute atomic E-state index is 5.36. The standard InChI is InChI=1S/C18H22N2OS/c1-14(11-12-15-7-4-3-5-8-15)19-18(22)20-16-9-6-10-17(13-16)21-2/h3-10,13-14H,11-12H2,1-2H3,(H2,19,20,22). The molecule has 2 rings (SSSR count). The Morgan fingerprint density at radius 2 is 1.91 bits per heavy atom. The van der Waals surface area contributed by atoms with Gasteiger partial charge >= 0.3 is 0 Å². The first-order valence-electron chi connectivity index (χ1n) is 7.43. The normalized spacial score (nSPS) is 11.5. The van der Waals surface area contributed by atoms with E-state index in [1.165, 1.54) is 5.56 Å². The van der Waals surface area contributed by atoms with Crippen LogP contribution in [-0.2, 0) is 6.42 Å². The molecule has 4 heteroatoms. The molecule has 0 aliphatic rings. The van der Waals surface area contributed by atoms with Crippen molar-refractivity contribution < 1.29 is 4.74 Å². The molecule has 0 amide bonds. The van der Waals surface area contributed by atoms with E-state index in [0.717, 1.165) is 24.3 Å². The van der Waals surface area contributed by atoms with Gasteiger partial charge in [-0.15, -0.1) is 0 Å². The van der Waals surface area contributed by atoms with Gasteiger partial charge in [0.2, 0.25) is 0 Å². The molecular formula is C18H22N2OS. The summed E-state index contributed by atoms with van der Waals surface area (Å²) in [5.74, 6) is 0.810. The van der Waals surface area contributed by atoms with Gasteiger partial charge in [0.1, 0.15) is 5.75 Å². The van der Waals surface area contributed by atoms with Crippen molar-refractivity contribution in [1.82, 2.24) is 5.32 Å². The molecule has 0 aromatic heterocycles. The molecule has 0 fully saturated rings. The molecule has 2 aromatic rings. The average Bonchev–Trinajstić information content (AvgIpc) is 2.54. The molecule has 2 aromatic carbocycles. The lowest BCUT2D eigenvalue weighted by atomic mass is 10.1. The quantitative estimate of drug-likeness (QED) is 0.790. The highest BCUT2D eigenvalue weighted by atomic mass is 32.1. The molecule has 0 saturated heterocycles. The number of nitrogens with one attached hydrogen (secondary N) is 2. The third-order valence-corrected chi connectivity index (χ3v) is 3.63. The minimum atomic E-state index is 0.311. The van der Waals surface area contributed by atoms with Crippen molar-refractivity contribution in [2.24, 2.45) is 0 Å². The van der Waals surface area contributed by atoms with Gasteiger partial charge < -0.3 is 15.4 Å². The molecule has 0 saturated carbocycles. The minimum Gasteiger partial charge on any atom is -0.497 e. The van der Waals surface area contributed by atoms with Crippen LogP contribution in [0.1, 0.15) is 18.9 Å². The fourth-order valence-corrected chi connectivity index (χ4v) is 2.51. The summed E-state index contributed by atoms with van der Waals surface area (Å²) in [6.07, 6.45) is 2.07. The van der Waals surface area contributed by atoms with Crippen LogP contribution in [0.5, 0.6) is 5.75 Å². The summed E-state index contributed by atoms with van der Waals surface area (Å²) in [6.45, 7) is 2.14. The van der Waals surface area contributed by atoms with Gasteiger partial charge in [0.15, 0.2) is 5.11 Å². The molecule has 3 nitrogen and oxygen atoms in total. The molecule has 22 heavy (non-hydrogen) atoms. The Kier molecular flexibility index (Phi) is 6.22. The van der Waals surface area contributed by atoms with Gasteiger partial charge in [-0.05, 0) is 49.7 Å². The van der Waals surface area contributed by atoms with Crippen LogP contribution in [0.25, 0.3) is 0 Å². The van der Waals surface area contributed by atoms with E-state index >= 15 is 0 Å². The first kappa shape index (κ1) is 16.3. The second-order valence-corrected chi connectivity index (χ2v) is 5.66. The van der Waals surface area contributed by atoms with Gasteiger partial charge in [0.25, 0.3) is 0 Å². The molecule has 0 aliphatic carbocycles. The highest BCUT2D eigenvalue weighted by Gasteiger charge is 2.05. The molecule has 0 heterocycles. The number of methoxy groups -OCH3 is 1. The Bertz CT molecular complexity index is 601. The number of rotatable bonds is 6. The van der Waals surface area contributed by atoms with E-state index < -0.39 is 0 Å². The van der Waals surface area contributed by atoms with Crippen LogP contribution < -0.4 is 15.4 Å². The van der Waals surface area contributed by atoms with Crippen LogP contribution in [0.3, 0.4) is 0 Å². The van der Waals surface area contributed by atoms with Crippen molar-refractivity contribution in [3.05, 3.63) is 60.2 Å². The molecule has 0 aliphatic heterocycles. The van der Waals surface area contributed by atoms with E-state index in [-0.39, 0.29) is 0 Å². The van der Waals surface area contributed by atoms with Crippen LogP contribution in [0.2, 0.25) is 0 Å². The predicted molar refractivity (Wildman–Crippen MR) is 96.6 cm³/mol. The maximum atomic E-state index is 5.36. The maximum Gasteiger partial charge on any atom is 0.170 e. The van der Waals surface area contributed by atoms with Crippen molar-refractivity contribution in [2.75, 3.05) is 12.4 Å². The summed E-state index contributed by atoms with van der Waals surface area (Å²) in [5.41, 5.74) is 2.27. The monoisotopic (exact) mass is 314 g/mol. The van der Waals surface area contributed by atoms with Crippen LogP contribution in [-0.4, -0.2) is 18.3 Å². The predicted octanol–water partition coefficient (Wildman–Crippen LogP) is 4.00. The number of thiocarbonyl (C=S) groups is 1. The third kappa shape index (κ3) is 5.37. The van der Waals surface area contributed by atoms with Gasteiger partial charge in [-0.3, -0.25) is 0 Å². The number of benzene rings is 2. The number of anilines is 1. The first-order chi connectivity index (χ1) is 10.7. The number of ether oxygens (including phenoxy) is 1. The van der Waals surface area contributed by atoms with E-state index in [4.69, 9.17) is 17.0 Å². The van der Waals surface area contributed by atoms with Crippen LogP contribution in [0.15, 0.2) is 54.6 Å². The van der Waals surface area contributed by atoms with E-state index in [1.807, 2.05) is 30.3 Å². The van der Waals surface area contributed by atoms with Gasteiger partial charge in [0, 0.05) is 17.8 Å². The zero-order valence-corrected chi connectivity index (χ0v) is 13.8. The minimum absolute atomic E-state index is 0.311. The van der Waals surface area contributed by atoms with E-state index in [9.17, 15) is 0 Å². The number of hydrogen-bond acceptors (Lipinski definition) is 2. The first-order valence-corrected chi connectivity index (χ1v) is 7.83.